The van der Waals surface area contributed by atoms with E-state index in [0.29, 0.717) is 12.1 Å². The molecule has 0 aliphatic heterocycles. The Morgan fingerprint density at radius 1 is 1.40 bits per heavy atom. The highest BCUT2D eigenvalue weighted by atomic mass is 32.2. The molecule has 0 bridgehead atoms. The predicted octanol–water partition coefficient (Wildman–Crippen LogP) is 1.45. The van der Waals surface area contributed by atoms with E-state index in [2.05, 4.69) is 4.72 Å². The number of hydrogen-bond acceptors (Lipinski definition) is 3. The zero-order valence-corrected chi connectivity index (χ0v) is 12.5. The Labute approximate surface area is 119 Å². The van der Waals surface area contributed by atoms with E-state index >= 15 is 0 Å². The molecule has 0 fully saturated rings. The van der Waals surface area contributed by atoms with Gasteiger partial charge in [0.05, 0.1) is 5.56 Å². The number of rotatable bonds is 8. The molecule has 1 aromatic rings. The van der Waals surface area contributed by atoms with Gasteiger partial charge in [-0.3, -0.25) is 0 Å². The highest BCUT2D eigenvalue weighted by molar-refractivity contribution is 7.87. The summed E-state index contributed by atoms with van der Waals surface area (Å²) in [5, 5.41) is 8.88. The van der Waals surface area contributed by atoms with Gasteiger partial charge in [-0.05, 0) is 24.1 Å². The van der Waals surface area contributed by atoms with Crippen molar-refractivity contribution in [1.29, 1.82) is 0 Å². The lowest BCUT2D eigenvalue weighted by Gasteiger charge is -2.17. The zero-order valence-electron chi connectivity index (χ0n) is 11.7. The summed E-state index contributed by atoms with van der Waals surface area (Å²) in [6.07, 6.45) is 1.71. The summed E-state index contributed by atoms with van der Waals surface area (Å²) in [7, 11) is -2.01. The third-order valence-electron chi connectivity index (χ3n) is 2.87. The summed E-state index contributed by atoms with van der Waals surface area (Å²) in [5.41, 5.74) is 0.749. The molecule has 1 aromatic carbocycles. The minimum atomic E-state index is -3.53. The number of hydrogen-bond donors (Lipinski definition) is 2. The van der Waals surface area contributed by atoms with Crippen molar-refractivity contribution in [2.24, 2.45) is 0 Å². The molecule has 0 aromatic heterocycles. The fourth-order valence-electron chi connectivity index (χ4n) is 1.60. The molecule has 0 unspecified atom stereocenters. The Bertz CT molecular complexity index is 557. The van der Waals surface area contributed by atoms with Gasteiger partial charge in [0.2, 0.25) is 0 Å². The Morgan fingerprint density at radius 3 is 2.70 bits per heavy atom. The smallest absolute Gasteiger partial charge is 0.335 e. The van der Waals surface area contributed by atoms with Crippen LogP contribution in [0.25, 0.3) is 0 Å². The molecule has 0 spiro atoms. The molecule has 1 rings (SSSR count). The first-order valence-electron chi connectivity index (χ1n) is 6.40. The van der Waals surface area contributed by atoms with Gasteiger partial charge in [-0.15, -0.1) is 0 Å². The highest BCUT2D eigenvalue weighted by Crippen LogP contribution is 2.06. The number of carboxylic acids is 1. The number of carboxylic acid groups (broad SMARTS) is 1. The van der Waals surface area contributed by atoms with Crippen LogP contribution < -0.4 is 4.72 Å². The van der Waals surface area contributed by atoms with Crippen LogP contribution in [0.4, 0.5) is 0 Å². The van der Waals surface area contributed by atoms with E-state index in [-0.39, 0.29) is 12.1 Å². The summed E-state index contributed by atoms with van der Waals surface area (Å²) in [4.78, 5) is 10.8. The SMILES string of the molecule is CCCCN(C)S(=O)(=O)NCc1cccc(C(=O)O)c1. The maximum atomic E-state index is 11.9. The van der Waals surface area contributed by atoms with Gasteiger partial charge >= 0.3 is 5.97 Å². The Kier molecular flexibility index (Phi) is 6.12. The molecule has 0 amide bonds. The third-order valence-corrected chi connectivity index (χ3v) is 4.38. The average molecular weight is 300 g/mol. The van der Waals surface area contributed by atoms with Crippen LogP contribution in [0.1, 0.15) is 35.7 Å². The lowest BCUT2D eigenvalue weighted by atomic mass is 10.1. The quantitative estimate of drug-likeness (QED) is 0.761. The highest BCUT2D eigenvalue weighted by Gasteiger charge is 2.16. The van der Waals surface area contributed by atoms with E-state index in [1.165, 1.54) is 23.5 Å². The van der Waals surface area contributed by atoms with Crippen LogP contribution in [0.15, 0.2) is 24.3 Å². The number of nitrogens with one attached hydrogen (secondary N) is 1. The van der Waals surface area contributed by atoms with E-state index in [1.807, 2.05) is 6.92 Å². The van der Waals surface area contributed by atoms with E-state index < -0.39 is 16.2 Å². The summed E-state index contributed by atoms with van der Waals surface area (Å²) in [6.45, 7) is 2.52. The largest absolute Gasteiger partial charge is 0.478 e. The number of aromatic carboxylic acids is 1. The van der Waals surface area contributed by atoms with Gasteiger partial charge in [0.1, 0.15) is 0 Å². The van der Waals surface area contributed by atoms with Gasteiger partial charge < -0.3 is 5.11 Å². The van der Waals surface area contributed by atoms with Crippen LogP contribution in [0.3, 0.4) is 0 Å². The lowest BCUT2D eigenvalue weighted by molar-refractivity contribution is 0.0696. The van der Waals surface area contributed by atoms with Gasteiger partial charge in [0.25, 0.3) is 10.2 Å². The maximum absolute atomic E-state index is 11.9. The van der Waals surface area contributed by atoms with Crippen LogP contribution in [0.2, 0.25) is 0 Å². The first kappa shape index (κ1) is 16.6. The van der Waals surface area contributed by atoms with Crippen LogP contribution in [-0.4, -0.2) is 37.4 Å². The molecule has 0 aliphatic carbocycles. The summed E-state index contributed by atoms with van der Waals surface area (Å²) in [5.74, 6) is -1.03. The first-order valence-corrected chi connectivity index (χ1v) is 7.84. The fraction of sp³-hybridized carbons (Fsp3) is 0.462. The number of benzene rings is 1. The molecule has 7 heteroatoms. The Morgan fingerprint density at radius 2 is 2.10 bits per heavy atom. The van der Waals surface area contributed by atoms with Crippen molar-refractivity contribution in [3.63, 3.8) is 0 Å². The molecule has 0 aliphatic rings. The molecule has 0 saturated carbocycles. The molecule has 0 saturated heterocycles. The van der Waals surface area contributed by atoms with Crippen molar-refractivity contribution in [2.45, 2.75) is 26.3 Å². The molecule has 6 nitrogen and oxygen atoms in total. The van der Waals surface area contributed by atoms with Crippen molar-refractivity contribution in [3.05, 3.63) is 35.4 Å². The zero-order chi connectivity index (χ0) is 15.2. The second-order valence-corrected chi connectivity index (χ2v) is 6.37. The van der Waals surface area contributed by atoms with Crippen LogP contribution >= 0.6 is 0 Å². The molecule has 0 atom stereocenters. The minimum Gasteiger partial charge on any atom is -0.478 e. The lowest BCUT2D eigenvalue weighted by Crippen LogP contribution is -2.38. The van der Waals surface area contributed by atoms with Crippen molar-refractivity contribution in [2.75, 3.05) is 13.6 Å². The first-order chi connectivity index (χ1) is 9.36. The number of carbonyl (C=O) groups is 1. The van der Waals surface area contributed by atoms with Gasteiger partial charge in [-0.2, -0.15) is 17.4 Å². The molecular formula is C13H20N2O4S. The maximum Gasteiger partial charge on any atom is 0.335 e. The molecule has 20 heavy (non-hydrogen) atoms. The van der Waals surface area contributed by atoms with Crippen LogP contribution in [-0.2, 0) is 16.8 Å². The Hall–Kier alpha value is -1.44. The predicted molar refractivity (Wildman–Crippen MR) is 76.7 cm³/mol. The topological polar surface area (TPSA) is 86.7 Å². The van der Waals surface area contributed by atoms with Gasteiger partial charge in [0.15, 0.2) is 0 Å². The normalized spacial score (nSPS) is 11.8. The van der Waals surface area contributed by atoms with E-state index in [4.69, 9.17) is 5.11 Å². The number of unbranched alkanes of at least 4 members (excludes halogenated alkanes) is 1. The summed E-state index contributed by atoms with van der Waals surface area (Å²) in [6, 6.07) is 6.19. The van der Waals surface area contributed by atoms with E-state index in [9.17, 15) is 13.2 Å². The standard InChI is InChI=1S/C13H20N2O4S/c1-3-4-8-15(2)20(18,19)14-10-11-6-5-7-12(9-11)13(16)17/h5-7,9,14H,3-4,8,10H2,1-2H3,(H,16,17). The second-order valence-electron chi connectivity index (χ2n) is 4.51. The summed E-state index contributed by atoms with van der Waals surface area (Å²) < 4.78 is 27.6. The minimum absolute atomic E-state index is 0.0694. The van der Waals surface area contributed by atoms with Crippen molar-refractivity contribution < 1.29 is 18.3 Å². The molecular weight excluding hydrogens is 280 g/mol. The van der Waals surface area contributed by atoms with Crippen molar-refractivity contribution in [1.82, 2.24) is 9.03 Å². The third kappa shape index (κ3) is 4.92. The van der Waals surface area contributed by atoms with Crippen LogP contribution in [0.5, 0.6) is 0 Å². The second kappa shape index (κ2) is 7.37. The van der Waals surface area contributed by atoms with Gasteiger partial charge in [0, 0.05) is 20.1 Å². The van der Waals surface area contributed by atoms with E-state index in [0.717, 1.165) is 12.8 Å². The molecule has 0 radical (unpaired) electrons. The molecule has 112 valence electrons. The van der Waals surface area contributed by atoms with Crippen molar-refractivity contribution in [3.8, 4) is 0 Å². The van der Waals surface area contributed by atoms with Crippen LogP contribution in [0, 0.1) is 0 Å². The average Bonchev–Trinajstić information content (AvgIpc) is 2.42. The number of nitrogens with zero attached hydrogens (tertiary/aromatic N) is 1. The van der Waals surface area contributed by atoms with E-state index in [1.54, 1.807) is 12.1 Å². The van der Waals surface area contributed by atoms with Crippen molar-refractivity contribution >= 4 is 16.2 Å². The van der Waals surface area contributed by atoms with Gasteiger partial charge in [-0.25, -0.2) is 4.79 Å². The fourth-order valence-corrected chi connectivity index (χ4v) is 2.54. The Balaban J connectivity index is 2.66. The van der Waals surface area contributed by atoms with Gasteiger partial charge in [-0.1, -0.05) is 25.5 Å². The molecule has 2 N–H and O–H groups in total. The summed E-state index contributed by atoms with van der Waals surface area (Å²) >= 11 is 0. The monoisotopic (exact) mass is 300 g/mol. The molecule has 0 heterocycles.